The number of oxime groups is 1. The van der Waals surface area contributed by atoms with E-state index in [0.29, 0.717) is 23.9 Å². The fourth-order valence-corrected chi connectivity index (χ4v) is 1.83. The summed E-state index contributed by atoms with van der Waals surface area (Å²) in [4.78, 5) is 5.21. The molecule has 0 radical (unpaired) electrons. The topological polar surface area (TPSA) is 47.6 Å². The van der Waals surface area contributed by atoms with Gasteiger partial charge in [0, 0.05) is 17.0 Å². The van der Waals surface area contributed by atoms with Gasteiger partial charge in [-0.25, -0.2) is 0 Å². The molecular formula is C15H15ClN2O. The molecule has 0 heterocycles. The molecule has 0 fully saturated rings. The molecule has 2 rings (SSSR count). The monoisotopic (exact) mass is 274 g/mol. The maximum absolute atomic E-state index is 6.01. The molecule has 0 aromatic heterocycles. The lowest BCUT2D eigenvalue weighted by Crippen LogP contribution is -2.15. The molecular weight excluding hydrogens is 260 g/mol. The predicted molar refractivity (Wildman–Crippen MR) is 78.0 cm³/mol. The second kappa shape index (κ2) is 6.81. The van der Waals surface area contributed by atoms with Gasteiger partial charge in [0.2, 0.25) is 0 Å². The van der Waals surface area contributed by atoms with E-state index in [9.17, 15) is 0 Å². The zero-order chi connectivity index (χ0) is 13.5. The summed E-state index contributed by atoms with van der Waals surface area (Å²) in [6, 6.07) is 17.4. The maximum atomic E-state index is 6.01. The van der Waals surface area contributed by atoms with Crippen LogP contribution in [0.4, 0.5) is 0 Å². The molecule has 0 aliphatic heterocycles. The third kappa shape index (κ3) is 4.30. The van der Waals surface area contributed by atoms with Crippen molar-refractivity contribution in [1.82, 2.24) is 0 Å². The standard InChI is InChI=1S/C15H15ClN2O/c16-14-9-5-4-8-13(14)11-19-18-15(17)10-12-6-2-1-3-7-12/h1-9H,10-11H2,(H2,17,18). The van der Waals surface area contributed by atoms with E-state index >= 15 is 0 Å². The van der Waals surface area contributed by atoms with Crippen LogP contribution in [0.25, 0.3) is 0 Å². The smallest absolute Gasteiger partial charge is 0.143 e. The molecule has 2 aromatic carbocycles. The second-order valence-corrected chi connectivity index (χ2v) is 4.52. The Morgan fingerprint density at radius 2 is 1.74 bits per heavy atom. The average molecular weight is 275 g/mol. The summed E-state index contributed by atoms with van der Waals surface area (Å²) in [6.07, 6.45) is 0.573. The Balaban J connectivity index is 1.87. The predicted octanol–water partition coefficient (Wildman–Crippen LogP) is 3.37. The lowest BCUT2D eigenvalue weighted by Gasteiger charge is -2.04. The van der Waals surface area contributed by atoms with Crippen molar-refractivity contribution in [3.8, 4) is 0 Å². The van der Waals surface area contributed by atoms with Gasteiger partial charge in [-0.05, 0) is 11.6 Å². The molecule has 0 atom stereocenters. The van der Waals surface area contributed by atoms with Crippen LogP contribution in [0.2, 0.25) is 5.02 Å². The van der Waals surface area contributed by atoms with Crippen LogP contribution in [-0.4, -0.2) is 5.84 Å². The molecule has 2 N–H and O–H groups in total. The van der Waals surface area contributed by atoms with E-state index in [1.54, 1.807) is 0 Å². The van der Waals surface area contributed by atoms with Gasteiger partial charge < -0.3 is 10.6 Å². The Morgan fingerprint density at radius 1 is 1.05 bits per heavy atom. The van der Waals surface area contributed by atoms with Crippen LogP contribution >= 0.6 is 11.6 Å². The zero-order valence-electron chi connectivity index (χ0n) is 10.4. The first kappa shape index (κ1) is 13.4. The van der Waals surface area contributed by atoms with E-state index in [4.69, 9.17) is 22.2 Å². The highest BCUT2D eigenvalue weighted by atomic mass is 35.5. The summed E-state index contributed by atoms with van der Waals surface area (Å²) in [5.41, 5.74) is 7.79. The first-order valence-corrected chi connectivity index (χ1v) is 6.35. The molecule has 4 heteroatoms. The van der Waals surface area contributed by atoms with Gasteiger partial charge in [0.05, 0.1) is 0 Å². The van der Waals surface area contributed by atoms with Crippen molar-refractivity contribution < 1.29 is 4.84 Å². The van der Waals surface area contributed by atoms with E-state index in [-0.39, 0.29) is 0 Å². The first-order valence-electron chi connectivity index (χ1n) is 5.97. The molecule has 0 aliphatic rings. The lowest BCUT2D eigenvalue weighted by molar-refractivity contribution is 0.129. The fraction of sp³-hybridized carbons (Fsp3) is 0.133. The van der Waals surface area contributed by atoms with Gasteiger partial charge in [0.15, 0.2) is 0 Å². The second-order valence-electron chi connectivity index (χ2n) is 4.11. The molecule has 98 valence electrons. The highest BCUT2D eigenvalue weighted by molar-refractivity contribution is 6.31. The number of nitrogens with zero attached hydrogens (tertiary/aromatic N) is 1. The van der Waals surface area contributed by atoms with E-state index in [0.717, 1.165) is 11.1 Å². The minimum atomic E-state index is 0.315. The van der Waals surface area contributed by atoms with Gasteiger partial charge in [-0.3, -0.25) is 0 Å². The first-order chi connectivity index (χ1) is 9.25. The Bertz CT molecular complexity index is 555. The van der Waals surface area contributed by atoms with Gasteiger partial charge in [0.25, 0.3) is 0 Å². The van der Waals surface area contributed by atoms with Crippen LogP contribution < -0.4 is 5.73 Å². The lowest BCUT2D eigenvalue weighted by atomic mass is 10.1. The fourth-order valence-electron chi connectivity index (χ4n) is 1.64. The number of nitrogens with two attached hydrogens (primary N) is 1. The Kier molecular flexibility index (Phi) is 4.81. The molecule has 0 spiro atoms. The number of amidine groups is 1. The van der Waals surface area contributed by atoms with Crippen LogP contribution in [0.5, 0.6) is 0 Å². The summed E-state index contributed by atoms with van der Waals surface area (Å²) in [6.45, 7) is 0.315. The molecule has 0 unspecified atom stereocenters. The number of benzene rings is 2. The van der Waals surface area contributed by atoms with E-state index in [1.807, 2.05) is 54.6 Å². The number of halogens is 1. The number of hydrogen-bond donors (Lipinski definition) is 1. The summed E-state index contributed by atoms with van der Waals surface area (Å²) in [7, 11) is 0. The van der Waals surface area contributed by atoms with Gasteiger partial charge in [-0.2, -0.15) is 0 Å². The van der Waals surface area contributed by atoms with E-state index in [2.05, 4.69) is 5.16 Å². The quantitative estimate of drug-likeness (QED) is 0.516. The summed E-state index contributed by atoms with van der Waals surface area (Å²) in [5, 5.41) is 4.56. The Hall–Kier alpha value is -2.00. The molecule has 0 saturated heterocycles. The molecule has 0 amide bonds. The summed E-state index contributed by atoms with van der Waals surface area (Å²) < 4.78 is 0. The maximum Gasteiger partial charge on any atom is 0.143 e. The van der Waals surface area contributed by atoms with E-state index < -0.39 is 0 Å². The van der Waals surface area contributed by atoms with Gasteiger partial charge in [-0.1, -0.05) is 65.3 Å². The van der Waals surface area contributed by atoms with Gasteiger partial charge >= 0.3 is 0 Å². The number of hydrogen-bond acceptors (Lipinski definition) is 2. The van der Waals surface area contributed by atoms with Crippen molar-refractivity contribution in [2.24, 2.45) is 10.9 Å². The van der Waals surface area contributed by atoms with Crippen LogP contribution in [0.15, 0.2) is 59.8 Å². The van der Waals surface area contributed by atoms with Crippen molar-refractivity contribution in [1.29, 1.82) is 0 Å². The van der Waals surface area contributed by atoms with Crippen molar-refractivity contribution in [2.75, 3.05) is 0 Å². The third-order valence-electron chi connectivity index (χ3n) is 2.59. The average Bonchev–Trinajstić information content (AvgIpc) is 2.42. The van der Waals surface area contributed by atoms with Crippen molar-refractivity contribution in [3.05, 3.63) is 70.7 Å². The van der Waals surface area contributed by atoms with Crippen LogP contribution in [0, 0.1) is 0 Å². The van der Waals surface area contributed by atoms with Crippen LogP contribution in [0.3, 0.4) is 0 Å². The normalized spacial score (nSPS) is 11.3. The highest BCUT2D eigenvalue weighted by Gasteiger charge is 2.00. The number of rotatable bonds is 5. The van der Waals surface area contributed by atoms with Gasteiger partial charge in [0.1, 0.15) is 12.4 Å². The minimum Gasteiger partial charge on any atom is -0.389 e. The van der Waals surface area contributed by atoms with Gasteiger partial charge in [-0.15, -0.1) is 0 Å². The van der Waals surface area contributed by atoms with E-state index in [1.165, 1.54) is 0 Å². The Labute approximate surface area is 117 Å². The molecule has 19 heavy (non-hydrogen) atoms. The summed E-state index contributed by atoms with van der Waals surface area (Å²) >= 11 is 6.01. The molecule has 0 saturated carbocycles. The zero-order valence-corrected chi connectivity index (χ0v) is 11.2. The molecule has 0 bridgehead atoms. The molecule has 2 aromatic rings. The van der Waals surface area contributed by atoms with Crippen molar-refractivity contribution in [2.45, 2.75) is 13.0 Å². The summed E-state index contributed by atoms with van der Waals surface area (Å²) in [5.74, 6) is 0.443. The SMILES string of the molecule is N/C(Cc1ccccc1)=N\OCc1ccccc1Cl. The minimum absolute atomic E-state index is 0.315. The highest BCUT2D eigenvalue weighted by Crippen LogP contribution is 2.15. The largest absolute Gasteiger partial charge is 0.389 e. The van der Waals surface area contributed by atoms with Crippen LogP contribution in [0.1, 0.15) is 11.1 Å². The van der Waals surface area contributed by atoms with Crippen molar-refractivity contribution in [3.63, 3.8) is 0 Å². The van der Waals surface area contributed by atoms with Crippen molar-refractivity contribution >= 4 is 17.4 Å². The van der Waals surface area contributed by atoms with Crippen LogP contribution in [-0.2, 0) is 17.9 Å². The molecule has 0 aliphatic carbocycles. The Morgan fingerprint density at radius 3 is 2.47 bits per heavy atom. The third-order valence-corrected chi connectivity index (χ3v) is 2.96. The molecule has 3 nitrogen and oxygen atoms in total.